The fraction of sp³-hybridized carbons (Fsp3) is 0.886. The minimum absolute atomic E-state index is 0.0208. The van der Waals surface area contributed by atoms with E-state index in [-0.39, 0.29) is 46.3 Å². The molecule has 0 heterocycles. The molecule has 0 amide bonds. The summed E-state index contributed by atoms with van der Waals surface area (Å²) < 4.78 is 12.2. The maximum atomic E-state index is 13.4. The lowest BCUT2D eigenvalue weighted by molar-refractivity contribution is -0.268. The molecular formula is C35H56O7. The zero-order valence-electron chi connectivity index (χ0n) is 27.6. The van der Waals surface area contributed by atoms with Crippen molar-refractivity contribution in [3.63, 3.8) is 0 Å². The third-order valence-electron chi connectivity index (χ3n) is 13.3. The van der Waals surface area contributed by atoms with E-state index in [9.17, 15) is 24.3 Å². The van der Waals surface area contributed by atoms with E-state index in [0.29, 0.717) is 31.1 Å². The average Bonchev–Trinajstić information content (AvgIpc) is 2.88. The van der Waals surface area contributed by atoms with E-state index in [1.165, 1.54) is 20.3 Å². The van der Waals surface area contributed by atoms with Gasteiger partial charge in [-0.05, 0) is 91.8 Å². The summed E-state index contributed by atoms with van der Waals surface area (Å²) >= 11 is 0. The van der Waals surface area contributed by atoms with Crippen LogP contribution in [0.2, 0.25) is 0 Å². The third-order valence-corrected chi connectivity index (χ3v) is 13.3. The summed E-state index contributed by atoms with van der Waals surface area (Å²) in [4.78, 5) is 52.1. The van der Waals surface area contributed by atoms with Gasteiger partial charge in [-0.15, -0.1) is 0 Å². The average molecular weight is 589 g/mol. The lowest BCUT2D eigenvalue weighted by atomic mass is 9.33. The van der Waals surface area contributed by atoms with Crippen molar-refractivity contribution in [1.82, 2.24) is 0 Å². The number of fused-ring (bicyclic) bond motifs is 5. The Morgan fingerprint density at radius 1 is 0.881 bits per heavy atom. The van der Waals surface area contributed by atoms with Crippen LogP contribution in [0.1, 0.15) is 127 Å². The summed E-state index contributed by atoms with van der Waals surface area (Å²) in [6.45, 7) is 18.4. The van der Waals surface area contributed by atoms with Crippen molar-refractivity contribution in [2.45, 2.75) is 139 Å². The summed E-state index contributed by atoms with van der Waals surface area (Å²) in [5.74, 6) is -3.39. The summed E-state index contributed by atoms with van der Waals surface area (Å²) in [6, 6.07) is 0. The molecule has 1 N–H and O–H groups in total. The normalized spacial score (nSPS) is 44.8. The standard InChI is InChI=1S/C35H56O7/c1-10-32(6)15-11-16-33(7)24(32)14-17-34(8)25(33)19-27(42-28(38)13-12-20(2)3)35(9)26(34)18-23(41-22(5)37)29(21(4)36)30(35)31(39)40/h20,23-27,29-30H,10-19H2,1-9H3,(H,39,40)/t23-,24+,25-,26+,27+,29-,30-,32+,33+,34-,35-/m1/s1. The van der Waals surface area contributed by atoms with Crippen molar-refractivity contribution >= 4 is 23.7 Å². The van der Waals surface area contributed by atoms with Crippen LogP contribution in [0.5, 0.6) is 0 Å². The van der Waals surface area contributed by atoms with Crippen molar-refractivity contribution in [2.24, 2.45) is 57.2 Å². The monoisotopic (exact) mass is 588 g/mol. The molecule has 238 valence electrons. The molecule has 0 aromatic rings. The fourth-order valence-electron chi connectivity index (χ4n) is 11.2. The predicted octanol–water partition coefficient (Wildman–Crippen LogP) is 7.24. The summed E-state index contributed by atoms with van der Waals surface area (Å²) in [5.41, 5.74) is -0.966. The van der Waals surface area contributed by atoms with Crippen molar-refractivity contribution in [3.8, 4) is 0 Å². The first-order valence-corrected chi connectivity index (χ1v) is 16.6. The van der Waals surface area contributed by atoms with Gasteiger partial charge in [0, 0.05) is 18.8 Å². The summed E-state index contributed by atoms with van der Waals surface area (Å²) in [6.07, 6.45) is 7.19. The van der Waals surface area contributed by atoms with Gasteiger partial charge in [-0.25, -0.2) is 0 Å². The van der Waals surface area contributed by atoms with E-state index in [1.807, 2.05) is 6.92 Å². The predicted molar refractivity (Wildman–Crippen MR) is 160 cm³/mol. The molecule has 4 fully saturated rings. The highest BCUT2D eigenvalue weighted by Crippen LogP contribution is 2.74. The molecule has 42 heavy (non-hydrogen) atoms. The van der Waals surface area contributed by atoms with Gasteiger partial charge in [0.25, 0.3) is 0 Å². The Labute approximate surface area is 253 Å². The molecule has 0 aromatic heterocycles. The molecule has 7 nitrogen and oxygen atoms in total. The van der Waals surface area contributed by atoms with Crippen LogP contribution in [0, 0.1) is 57.2 Å². The Bertz CT molecular complexity index is 1080. The second-order valence-corrected chi connectivity index (χ2v) is 15.9. The Balaban J connectivity index is 1.88. The van der Waals surface area contributed by atoms with Gasteiger partial charge >= 0.3 is 17.9 Å². The van der Waals surface area contributed by atoms with Gasteiger partial charge in [0.1, 0.15) is 18.0 Å². The topological polar surface area (TPSA) is 107 Å². The number of ether oxygens (including phenoxy) is 2. The van der Waals surface area contributed by atoms with Gasteiger partial charge in [0.15, 0.2) is 0 Å². The SMILES string of the molecule is CC[C@@]1(C)CCC[C@]2(C)[C@H]3C[C@H](OC(=O)CCC(C)C)[C@]4(C)[C@@H](C(=O)O)[C@H](C(C)=O)[C@H](OC(C)=O)C[C@H]4[C@]3(C)CC[C@@H]12. The first-order chi connectivity index (χ1) is 19.5. The number of hydrogen-bond acceptors (Lipinski definition) is 6. The van der Waals surface area contributed by atoms with Crippen molar-refractivity contribution in [3.05, 3.63) is 0 Å². The zero-order valence-corrected chi connectivity index (χ0v) is 27.6. The highest BCUT2D eigenvalue weighted by molar-refractivity contribution is 5.86. The summed E-state index contributed by atoms with van der Waals surface area (Å²) in [7, 11) is 0. The van der Waals surface area contributed by atoms with Crippen LogP contribution in [0.15, 0.2) is 0 Å². The van der Waals surface area contributed by atoms with Crippen LogP contribution in [0.3, 0.4) is 0 Å². The van der Waals surface area contributed by atoms with Gasteiger partial charge in [0.05, 0.1) is 11.8 Å². The van der Waals surface area contributed by atoms with Gasteiger partial charge in [0.2, 0.25) is 0 Å². The number of rotatable bonds is 8. The summed E-state index contributed by atoms with van der Waals surface area (Å²) in [5, 5.41) is 10.8. The van der Waals surface area contributed by atoms with E-state index in [4.69, 9.17) is 9.47 Å². The Kier molecular flexibility index (Phi) is 9.06. The second-order valence-electron chi connectivity index (χ2n) is 15.9. The molecule has 4 aliphatic rings. The van der Waals surface area contributed by atoms with Crippen LogP contribution in [0.25, 0.3) is 0 Å². The van der Waals surface area contributed by atoms with E-state index in [1.54, 1.807) is 0 Å². The van der Waals surface area contributed by atoms with Crippen LogP contribution < -0.4 is 0 Å². The van der Waals surface area contributed by atoms with Crippen molar-refractivity contribution < 1.29 is 33.8 Å². The van der Waals surface area contributed by atoms with E-state index in [2.05, 4.69) is 41.5 Å². The van der Waals surface area contributed by atoms with Crippen molar-refractivity contribution in [1.29, 1.82) is 0 Å². The van der Waals surface area contributed by atoms with E-state index in [0.717, 1.165) is 32.1 Å². The van der Waals surface area contributed by atoms with Crippen LogP contribution >= 0.6 is 0 Å². The van der Waals surface area contributed by atoms with Gasteiger partial charge in [-0.1, -0.05) is 61.3 Å². The molecule has 0 saturated heterocycles. The lowest BCUT2D eigenvalue weighted by Crippen LogP contribution is -2.70. The molecule has 4 saturated carbocycles. The first kappa shape index (κ1) is 33.0. The number of carboxylic acids is 1. The quantitative estimate of drug-likeness (QED) is 0.298. The molecule has 0 spiro atoms. The highest BCUT2D eigenvalue weighted by Gasteiger charge is 2.72. The Morgan fingerprint density at radius 2 is 1.52 bits per heavy atom. The van der Waals surface area contributed by atoms with Crippen LogP contribution in [0.4, 0.5) is 0 Å². The second kappa shape index (κ2) is 11.5. The number of carbonyl (C=O) groups is 4. The van der Waals surface area contributed by atoms with Gasteiger partial charge in [-0.3, -0.25) is 19.2 Å². The Morgan fingerprint density at radius 3 is 2.07 bits per heavy atom. The van der Waals surface area contributed by atoms with E-state index >= 15 is 0 Å². The zero-order chi connectivity index (χ0) is 31.4. The molecule has 0 aromatic carbocycles. The maximum absolute atomic E-state index is 13.4. The fourth-order valence-corrected chi connectivity index (χ4v) is 11.2. The molecule has 7 heteroatoms. The number of carbonyl (C=O) groups excluding carboxylic acids is 3. The first-order valence-electron chi connectivity index (χ1n) is 16.6. The molecule has 0 radical (unpaired) electrons. The molecular weight excluding hydrogens is 532 g/mol. The Hall–Kier alpha value is -1.92. The number of hydrogen-bond donors (Lipinski definition) is 1. The lowest BCUT2D eigenvalue weighted by Gasteiger charge is -2.71. The van der Waals surface area contributed by atoms with E-state index < -0.39 is 41.4 Å². The number of aliphatic carboxylic acids is 1. The van der Waals surface area contributed by atoms with Gasteiger partial charge < -0.3 is 14.6 Å². The smallest absolute Gasteiger partial charge is 0.308 e. The highest BCUT2D eigenvalue weighted by atomic mass is 16.5. The van der Waals surface area contributed by atoms with Crippen LogP contribution in [-0.2, 0) is 28.7 Å². The molecule has 0 unspecified atom stereocenters. The molecule has 11 atom stereocenters. The largest absolute Gasteiger partial charge is 0.481 e. The van der Waals surface area contributed by atoms with Crippen LogP contribution in [-0.4, -0.2) is 41.0 Å². The minimum Gasteiger partial charge on any atom is -0.481 e. The molecule has 4 aliphatic carbocycles. The van der Waals surface area contributed by atoms with Gasteiger partial charge in [-0.2, -0.15) is 0 Å². The molecule has 0 bridgehead atoms. The number of Topliss-reactive ketones (excluding diaryl/α,β-unsaturated/α-hetero) is 1. The van der Waals surface area contributed by atoms with Crippen molar-refractivity contribution in [2.75, 3.05) is 0 Å². The third kappa shape index (κ3) is 5.23. The number of ketones is 1. The maximum Gasteiger partial charge on any atom is 0.308 e. The number of esters is 2. The number of carboxylic acid groups (broad SMARTS) is 1. The molecule has 0 aliphatic heterocycles. The molecule has 4 rings (SSSR count). The minimum atomic E-state index is -1.13.